The SMILES string of the molecule is O=C(O)c1cnn(C/C=C2\CN(C(C(=O)C3CC3)c3ccccc3F)CCC2S)n1. The zero-order valence-corrected chi connectivity index (χ0v) is 17.2. The van der Waals surface area contributed by atoms with Crippen molar-refractivity contribution in [3.05, 3.63) is 59.2 Å². The first-order valence-electron chi connectivity index (χ1n) is 9.96. The van der Waals surface area contributed by atoms with Crippen molar-refractivity contribution in [2.45, 2.75) is 37.1 Å². The molecule has 0 spiro atoms. The van der Waals surface area contributed by atoms with Crippen molar-refractivity contribution in [3.63, 3.8) is 0 Å². The molecule has 0 bridgehead atoms. The molecule has 158 valence electrons. The minimum Gasteiger partial charge on any atom is -0.476 e. The molecule has 2 fully saturated rings. The maximum absolute atomic E-state index is 14.6. The molecule has 0 amide bonds. The summed E-state index contributed by atoms with van der Waals surface area (Å²) in [6.45, 7) is 1.43. The molecule has 1 saturated carbocycles. The molecular formula is C21H23FN4O3S. The Hall–Kier alpha value is -2.52. The number of hydrogen-bond donors (Lipinski definition) is 2. The number of carbonyl (C=O) groups is 2. The molecule has 1 aliphatic carbocycles. The lowest BCUT2D eigenvalue weighted by atomic mass is 9.93. The number of aromatic carboxylic acids is 1. The summed E-state index contributed by atoms with van der Waals surface area (Å²) in [4.78, 5) is 27.4. The van der Waals surface area contributed by atoms with Gasteiger partial charge in [0.1, 0.15) is 5.82 Å². The molecule has 1 saturated heterocycles. The van der Waals surface area contributed by atoms with Crippen molar-refractivity contribution in [3.8, 4) is 0 Å². The largest absolute Gasteiger partial charge is 0.476 e. The predicted octanol–water partition coefficient (Wildman–Crippen LogP) is 2.77. The van der Waals surface area contributed by atoms with E-state index >= 15 is 0 Å². The third-order valence-electron chi connectivity index (χ3n) is 5.59. The van der Waals surface area contributed by atoms with Gasteiger partial charge < -0.3 is 5.11 Å². The Morgan fingerprint density at radius 1 is 1.30 bits per heavy atom. The van der Waals surface area contributed by atoms with E-state index in [1.54, 1.807) is 18.2 Å². The van der Waals surface area contributed by atoms with Gasteiger partial charge in [0, 0.05) is 29.8 Å². The number of carboxylic acids is 1. The number of carboxylic acid groups (broad SMARTS) is 1. The van der Waals surface area contributed by atoms with Gasteiger partial charge in [-0.15, -0.1) is 5.10 Å². The zero-order valence-electron chi connectivity index (χ0n) is 16.3. The number of piperidine rings is 1. The molecule has 1 aliphatic heterocycles. The molecule has 1 aromatic heterocycles. The number of rotatable bonds is 7. The normalized spacial score (nSPS) is 22.2. The Labute approximate surface area is 179 Å². The summed E-state index contributed by atoms with van der Waals surface area (Å²) in [6.07, 6.45) is 5.58. The number of halogens is 1. The third kappa shape index (κ3) is 4.46. The highest BCUT2D eigenvalue weighted by atomic mass is 32.1. The summed E-state index contributed by atoms with van der Waals surface area (Å²) in [6, 6.07) is 5.87. The molecule has 2 unspecified atom stereocenters. The number of likely N-dealkylation sites (tertiary alicyclic amines) is 1. The van der Waals surface area contributed by atoms with Crippen molar-refractivity contribution in [2.24, 2.45) is 5.92 Å². The van der Waals surface area contributed by atoms with Gasteiger partial charge in [-0.05, 0) is 30.9 Å². The maximum atomic E-state index is 14.6. The van der Waals surface area contributed by atoms with Gasteiger partial charge in [-0.3, -0.25) is 9.69 Å². The van der Waals surface area contributed by atoms with Crippen molar-refractivity contribution in [2.75, 3.05) is 13.1 Å². The van der Waals surface area contributed by atoms with Crippen LogP contribution in [-0.4, -0.2) is 55.1 Å². The minimum atomic E-state index is -1.13. The Kier molecular flexibility index (Phi) is 6.01. The molecule has 4 rings (SSSR count). The van der Waals surface area contributed by atoms with Crippen LogP contribution in [0.15, 0.2) is 42.1 Å². The number of allylic oxidation sites excluding steroid dienone is 1. The molecule has 0 radical (unpaired) electrons. The fourth-order valence-electron chi connectivity index (χ4n) is 3.81. The molecule has 7 nitrogen and oxygen atoms in total. The highest BCUT2D eigenvalue weighted by Crippen LogP contribution is 2.39. The monoisotopic (exact) mass is 430 g/mol. The van der Waals surface area contributed by atoms with E-state index < -0.39 is 12.0 Å². The number of thiol groups is 1. The van der Waals surface area contributed by atoms with Crippen molar-refractivity contribution >= 4 is 24.4 Å². The van der Waals surface area contributed by atoms with Crippen LogP contribution in [0.3, 0.4) is 0 Å². The van der Waals surface area contributed by atoms with Crippen LogP contribution in [0, 0.1) is 11.7 Å². The van der Waals surface area contributed by atoms with Crippen LogP contribution in [0.2, 0.25) is 0 Å². The summed E-state index contributed by atoms with van der Waals surface area (Å²) >= 11 is 4.66. The van der Waals surface area contributed by atoms with Crippen LogP contribution in [0.5, 0.6) is 0 Å². The highest BCUT2D eigenvalue weighted by Gasteiger charge is 2.40. The first kappa shape index (κ1) is 20.7. The van der Waals surface area contributed by atoms with Gasteiger partial charge in [0.15, 0.2) is 11.5 Å². The van der Waals surface area contributed by atoms with Gasteiger partial charge in [-0.2, -0.15) is 22.5 Å². The molecule has 9 heteroatoms. The fraction of sp³-hybridized carbons (Fsp3) is 0.429. The number of hydrogen-bond acceptors (Lipinski definition) is 6. The molecule has 2 aromatic rings. The lowest BCUT2D eigenvalue weighted by molar-refractivity contribution is -0.126. The van der Waals surface area contributed by atoms with E-state index in [0.717, 1.165) is 24.8 Å². The van der Waals surface area contributed by atoms with E-state index in [2.05, 4.69) is 22.8 Å². The van der Waals surface area contributed by atoms with E-state index in [4.69, 9.17) is 5.11 Å². The van der Waals surface area contributed by atoms with Gasteiger partial charge in [0.25, 0.3) is 0 Å². The number of nitrogens with zero attached hydrogens (tertiary/aromatic N) is 4. The second-order valence-electron chi connectivity index (χ2n) is 7.74. The first-order chi connectivity index (χ1) is 14.4. The zero-order chi connectivity index (χ0) is 21.3. The Balaban J connectivity index is 1.55. The predicted molar refractivity (Wildman–Crippen MR) is 111 cm³/mol. The average Bonchev–Trinajstić information content (AvgIpc) is 3.47. The smallest absolute Gasteiger partial charge is 0.358 e. The van der Waals surface area contributed by atoms with E-state index in [9.17, 15) is 14.0 Å². The molecule has 2 aliphatic rings. The summed E-state index contributed by atoms with van der Waals surface area (Å²) in [5, 5.41) is 16.8. The summed E-state index contributed by atoms with van der Waals surface area (Å²) in [5.41, 5.74) is 1.30. The summed E-state index contributed by atoms with van der Waals surface area (Å²) < 4.78 is 14.6. The number of aromatic nitrogens is 3. The second-order valence-corrected chi connectivity index (χ2v) is 8.37. The summed E-state index contributed by atoms with van der Waals surface area (Å²) in [5.74, 6) is -1.40. The fourth-order valence-corrected chi connectivity index (χ4v) is 4.12. The van der Waals surface area contributed by atoms with Crippen molar-refractivity contribution in [1.82, 2.24) is 19.9 Å². The Bertz CT molecular complexity index is 988. The molecule has 30 heavy (non-hydrogen) atoms. The molecule has 2 atom stereocenters. The number of Topliss-reactive ketones (excluding diaryl/α,β-unsaturated/α-hetero) is 1. The quantitative estimate of drug-likeness (QED) is 0.519. The van der Waals surface area contributed by atoms with Crippen LogP contribution < -0.4 is 0 Å². The van der Waals surface area contributed by atoms with E-state index in [1.807, 2.05) is 11.0 Å². The number of benzene rings is 1. The molecule has 1 aromatic carbocycles. The standard InChI is InChI=1S/C21H23FN4O3S/c22-16-4-2-1-3-15(16)19(20(27)13-5-6-13)25-9-8-18(30)14(12-25)7-10-26-23-11-17(24-26)21(28)29/h1-4,7,11,13,18-19,30H,5-6,8-10,12H2,(H,28,29)/b14-7+. The molecule has 1 N–H and O–H groups in total. The highest BCUT2D eigenvalue weighted by molar-refractivity contribution is 7.81. The molecular weight excluding hydrogens is 407 g/mol. The topological polar surface area (TPSA) is 88.3 Å². The van der Waals surface area contributed by atoms with E-state index in [-0.39, 0.29) is 28.5 Å². The van der Waals surface area contributed by atoms with Gasteiger partial charge in [0.05, 0.1) is 18.8 Å². The second kappa shape index (κ2) is 8.69. The Morgan fingerprint density at radius 3 is 2.73 bits per heavy atom. The van der Waals surface area contributed by atoms with Crippen molar-refractivity contribution < 1.29 is 19.1 Å². The van der Waals surface area contributed by atoms with Crippen LogP contribution in [-0.2, 0) is 11.3 Å². The summed E-state index contributed by atoms with van der Waals surface area (Å²) in [7, 11) is 0. The van der Waals surface area contributed by atoms with E-state index in [1.165, 1.54) is 17.1 Å². The van der Waals surface area contributed by atoms with Crippen LogP contribution in [0.25, 0.3) is 0 Å². The lowest BCUT2D eigenvalue weighted by Crippen LogP contribution is -2.42. The average molecular weight is 431 g/mol. The van der Waals surface area contributed by atoms with Crippen LogP contribution in [0.1, 0.15) is 41.4 Å². The number of carbonyl (C=O) groups excluding carboxylic acids is 1. The molecule has 2 heterocycles. The van der Waals surface area contributed by atoms with Gasteiger partial charge in [-0.1, -0.05) is 24.3 Å². The van der Waals surface area contributed by atoms with E-state index in [0.29, 0.717) is 25.2 Å². The van der Waals surface area contributed by atoms with Crippen LogP contribution in [0.4, 0.5) is 4.39 Å². The van der Waals surface area contributed by atoms with Crippen LogP contribution >= 0.6 is 12.6 Å². The minimum absolute atomic E-state index is 0.00746. The maximum Gasteiger partial charge on any atom is 0.358 e. The lowest BCUT2D eigenvalue weighted by Gasteiger charge is -2.37. The number of ketones is 1. The Morgan fingerprint density at radius 2 is 2.07 bits per heavy atom. The van der Waals surface area contributed by atoms with Gasteiger partial charge in [-0.25, -0.2) is 9.18 Å². The van der Waals surface area contributed by atoms with Crippen molar-refractivity contribution in [1.29, 1.82) is 0 Å². The van der Waals surface area contributed by atoms with Gasteiger partial charge in [0.2, 0.25) is 0 Å². The first-order valence-corrected chi connectivity index (χ1v) is 10.5. The third-order valence-corrected chi connectivity index (χ3v) is 6.18. The van der Waals surface area contributed by atoms with Gasteiger partial charge >= 0.3 is 5.97 Å².